The normalized spacial score (nSPS) is 28.1. The molecular weight excluding hydrogens is 244 g/mol. The molecule has 0 amide bonds. The zero-order chi connectivity index (χ0) is 13.3. The summed E-state index contributed by atoms with van der Waals surface area (Å²) in [4.78, 5) is 11.2. The van der Waals surface area contributed by atoms with Crippen LogP contribution in [0, 0.1) is 0 Å². The van der Waals surface area contributed by atoms with E-state index in [1.807, 2.05) is 30.3 Å². The van der Waals surface area contributed by atoms with Gasteiger partial charge in [-0.15, -0.1) is 0 Å². The third kappa shape index (κ3) is 2.06. The summed E-state index contributed by atoms with van der Waals surface area (Å²) >= 11 is 0. The molecule has 1 aromatic carbocycles. The third-order valence-corrected chi connectivity index (χ3v) is 3.93. The molecule has 0 N–H and O–H groups in total. The molecule has 1 spiro atoms. The van der Waals surface area contributed by atoms with Gasteiger partial charge in [-0.1, -0.05) is 0 Å². The quantitative estimate of drug-likeness (QED) is 0.620. The summed E-state index contributed by atoms with van der Waals surface area (Å²) in [6.07, 6.45) is 7.19. The number of hydrogen-bond acceptors (Lipinski definition) is 4. The van der Waals surface area contributed by atoms with E-state index in [0.717, 1.165) is 24.2 Å². The first-order chi connectivity index (χ1) is 9.22. The van der Waals surface area contributed by atoms with Gasteiger partial charge in [0.1, 0.15) is 11.4 Å². The standard InChI is InChI=1S/C15H18O4/c1-16-13-6-4-12(5-7-13)15(17-2)11-10-14(18-19-15)8-3-9-14/h4-7,10-11H,3,8-9H2,1-2H3/t15-/m1/s1. The number of benzene rings is 1. The molecule has 4 nitrogen and oxygen atoms in total. The lowest BCUT2D eigenvalue weighted by Gasteiger charge is -2.44. The van der Waals surface area contributed by atoms with Gasteiger partial charge in [-0.2, -0.15) is 4.89 Å². The zero-order valence-electron chi connectivity index (χ0n) is 11.2. The van der Waals surface area contributed by atoms with Crippen LogP contribution in [0.5, 0.6) is 5.75 Å². The minimum atomic E-state index is -0.965. The van der Waals surface area contributed by atoms with Crippen molar-refractivity contribution in [3.8, 4) is 5.75 Å². The molecule has 0 radical (unpaired) electrons. The van der Waals surface area contributed by atoms with Crippen LogP contribution in [0.2, 0.25) is 0 Å². The van der Waals surface area contributed by atoms with E-state index < -0.39 is 5.79 Å². The Bertz CT molecular complexity index is 475. The van der Waals surface area contributed by atoms with Crippen molar-refractivity contribution in [2.75, 3.05) is 14.2 Å². The monoisotopic (exact) mass is 262 g/mol. The lowest BCUT2D eigenvalue weighted by Crippen LogP contribution is -2.46. The van der Waals surface area contributed by atoms with Gasteiger partial charge in [-0.25, -0.2) is 4.89 Å². The van der Waals surface area contributed by atoms with E-state index in [-0.39, 0.29) is 5.60 Å². The predicted octanol–water partition coefficient (Wildman–Crippen LogP) is 2.94. The van der Waals surface area contributed by atoms with Crippen LogP contribution in [0.25, 0.3) is 0 Å². The van der Waals surface area contributed by atoms with Gasteiger partial charge in [0, 0.05) is 12.7 Å². The molecule has 2 aliphatic rings. The predicted molar refractivity (Wildman–Crippen MR) is 69.6 cm³/mol. The molecule has 1 fully saturated rings. The van der Waals surface area contributed by atoms with Crippen molar-refractivity contribution in [2.45, 2.75) is 30.7 Å². The van der Waals surface area contributed by atoms with Crippen molar-refractivity contribution in [3.05, 3.63) is 42.0 Å². The maximum atomic E-state index is 5.58. The van der Waals surface area contributed by atoms with Gasteiger partial charge in [0.2, 0.25) is 5.79 Å². The lowest BCUT2D eigenvalue weighted by atomic mass is 9.79. The molecule has 1 aliphatic heterocycles. The SMILES string of the molecule is COc1ccc([C@@]2(OC)C=CC3(CCC3)OO2)cc1. The molecule has 0 unspecified atom stereocenters. The molecule has 0 aromatic heterocycles. The average Bonchev–Trinajstić information content (AvgIpc) is 2.46. The van der Waals surface area contributed by atoms with Gasteiger partial charge >= 0.3 is 0 Å². The summed E-state index contributed by atoms with van der Waals surface area (Å²) < 4.78 is 10.7. The summed E-state index contributed by atoms with van der Waals surface area (Å²) in [5.74, 6) is -0.168. The minimum Gasteiger partial charge on any atom is -0.497 e. The van der Waals surface area contributed by atoms with E-state index in [1.165, 1.54) is 6.42 Å². The highest BCUT2D eigenvalue weighted by Gasteiger charge is 2.46. The van der Waals surface area contributed by atoms with Crippen molar-refractivity contribution in [2.24, 2.45) is 0 Å². The fourth-order valence-corrected chi connectivity index (χ4v) is 2.42. The van der Waals surface area contributed by atoms with Gasteiger partial charge in [0.05, 0.1) is 7.11 Å². The third-order valence-electron chi connectivity index (χ3n) is 3.93. The van der Waals surface area contributed by atoms with Crippen LogP contribution in [0.3, 0.4) is 0 Å². The zero-order valence-corrected chi connectivity index (χ0v) is 11.2. The first-order valence-electron chi connectivity index (χ1n) is 6.49. The molecule has 0 bridgehead atoms. The second-order valence-electron chi connectivity index (χ2n) is 5.02. The number of rotatable bonds is 3. The van der Waals surface area contributed by atoms with E-state index in [2.05, 4.69) is 6.08 Å². The molecule has 0 saturated heterocycles. The van der Waals surface area contributed by atoms with Crippen LogP contribution in [0.15, 0.2) is 36.4 Å². The average molecular weight is 262 g/mol. The number of hydrogen-bond donors (Lipinski definition) is 0. The van der Waals surface area contributed by atoms with Crippen LogP contribution in [-0.2, 0) is 20.3 Å². The first-order valence-corrected chi connectivity index (χ1v) is 6.49. The van der Waals surface area contributed by atoms with E-state index in [9.17, 15) is 0 Å². The van der Waals surface area contributed by atoms with Crippen LogP contribution < -0.4 is 4.74 Å². The van der Waals surface area contributed by atoms with Gasteiger partial charge in [-0.05, 0) is 55.7 Å². The largest absolute Gasteiger partial charge is 0.497 e. The molecule has 3 rings (SSSR count). The van der Waals surface area contributed by atoms with Crippen LogP contribution in [-0.4, -0.2) is 19.8 Å². The Hall–Kier alpha value is -1.36. The topological polar surface area (TPSA) is 36.9 Å². The Morgan fingerprint density at radius 2 is 1.74 bits per heavy atom. The summed E-state index contributed by atoms with van der Waals surface area (Å²) in [5, 5.41) is 0. The molecule has 1 aliphatic carbocycles. The maximum Gasteiger partial charge on any atom is 0.246 e. The van der Waals surface area contributed by atoms with E-state index in [4.69, 9.17) is 19.2 Å². The minimum absolute atomic E-state index is 0.228. The molecule has 19 heavy (non-hydrogen) atoms. The van der Waals surface area contributed by atoms with E-state index in [1.54, 1.807) is 14.2 Å². The molecule has 1 saturated carbocycles. The summed E-state index contributed by atoms with van der Waals surface area (Å²) in [6.45, 7) is 0. The Morgan fingerprint density at radius 3 is 2.16 bits per heavy atom. The van der Waals surface area contributed by atoms with Crippen LogP contribution in [0.4, 0.5) is 0 Å². The summed E-state index contributed by atoms with van der Waals surface area (Å²) in [6, 6.07) is 7.58. The number of ether oxygens (including phenoxy) is 2. The van der Waals surface area contributed by atoms with E-state index >= 15 is 0 Å². The van der Waals surface area contributed by atoms with Gasteiger partial charge in [0.15, 0.2) is 0 Å². The highest BCUT2D eigenvalue weighted by atomic mass is 17.2. The molecule has 1 aromatic rings. The molecular formula is C15H18O4. The number of methoxy groups -OCH3 is 2. The smallest absolute Gasteiger partial charge is 0.246 e. The maximum absolute atomic E-state index is 5.58. The Labute approximate surface area is 112 Å². The Kier molecular flexibility index (Phi) is 3.09. The van der Waals surface area contributed by atoms with Crippen molar-refractivity contribution in [1.29, 1.82) is 0 Å². The second-order valence-corrected chi connectivity index (χ2v) is 5.02. The van der Waals surface area contributed by atoms with Crippen molar-refractivity contribution in [3.63, 3.8) is 0 Å². The molecule has 1 atom stereocenters. The van der Waals surface area contributed by atoms with Crippen molar-refractivity contribution < 1.29 is 19.2 Å². The summed E-state index contributed by atoms with van der Waals surface area (Å²) in [5.41, 5.74) is 0.648. The van der Waals surface area contributed by atoms with Crippen LogP contribution >= 0.6 is 0 Å². The Balaban J connectivity index is 1.88. The summed E-state index contributed by atoms with van der Waals surface area (Å²) in [7, 11) is 3.25. The van der Waals surface area contributed by atoms with Crippen molar-refractivity contribution in [1.82, 2.24) is 0 Å². The van der Waals surface area contributed by atoms with Gasteiger partial charge < -0.3 is 9.47 Å². The van der Waals surface area contributed by atoms with Crippen molar-refractivity contribution >= 4 is 0 Å². The van der Waals surface area contributed by atoms with Gasteiger partial charge in [-0.3, -0.25) is 0 Å². The highest BCUT2D eigenvalue weighted by Crippen LogP contribution is 2.44. The lowest BCUT2D eigenvalue weighted by molar-refractivity contribution is -0.465. The Morgan fingerprint density at radius 1 is 1.00 bits per heavy atom. The first kappa shape index (κ1) is 12.7. The van der Waals surface area contributed by atoms with E-state index in [0.29, 0.717) is 0 Å². The fraction of sp³-hybridized carbons (Fsp3) is 0.467. The fourth-order valence-electron chi connectivity index (χ4n) is 2.42. The second kappa shape index (κ2) is 4.63. The van der Waals surface area contributed by atoms with Gasteiger partial charge in [0.25, 0.3) is 0 Å². The molecule has 102 valence electrons. The molecule has 1 heterocycles. The highest BCUT2D eigenvalue weighted by molar-refractivity contribution is 5.33. The molecule has 4 heteroatoms. The van der Waals surface area contributed by atoms with Crippen LogP contribution in [0.1, 0.15) is 24.8 Å².